The molecular formula is C19H22N6O2. The first kappa shape index (κ1) is 18.5. The molecule has 1 fully saturated rings. The van der Waals surface area contributed by atoms with Gasteiger partial charge >= 0.3 is 6.03 Å². The molecule has 27 heavy (non-hydrogen) atoms. The van der Waals surface area contributed by atoms with Crippen molar-refractivity contribution in [1.29, 1.82) is 5.26 Å². The molecule has 1 aliphatic heterocycles. The molecule has 0 unspecified atom stereocenters. The molecule has 8 nitrogen and oxygen atoms in total. The third-order valence-corrected chi connectivity index (χ3v) is 4.44. The Labute approximate surface area is 158 Å². The molecular weight excluding hydrogens is 344 g/mol. The van der Waals surface area contributed by atoms with Gasteiger partial charge < -0.3 is 19.9 Å². The second-order valence-corrected chi connectivity index (χ2v) is 6.18. The highest BCUT2D eigenvalue weighted by Gasteiger charge is 2.21. The lowest BCUT2D eigenvalue weighted by molar-refractivity contribution is 0.201. The molecule has 140 valence electrons. The highest BCUT2D eigenvalue weighted by Crippen LogP contribution is 2.18. The molecule has 0 atom stereocenters. The zero-order valence-electron chi connectivity index (χ0n) is 15.3. The number of nitriles is 1. The van der Waals surface area contributed by atoms with E-state index < -0.39 is 0 Å². The molecule has 0 aliphatic carbocycles. The van der Waals surface area contributed by atoms with Crippen LogP contribution in [0.1, 0.15) is 17.5 Å². The van der Waals surface area contributed by atoms with Crippen LogP contribution in [0.3, 0.4) is 0 Å². The fraction of sp³-hybridized carbons (Fsp3) is 0.368. The van der Waals surface area contributed by atoms with E-state index in [4.69, 9.17) is 4.74 Å². The minimum atomic E-state index is -0.103. The van der Waals surface area contributed by atoms with Gasteiger partial charge in [-0.1, -0.05) is 6.07 Å². The van der Waals surface area contributed by atoms with E-state index in [2.05, 4.69) is 26.3 Å². The predicted molar refractivity (Wildman–Crippen MR) is 100 cm³/mol. The Morgan fingerprint density at radius 1 is 1.26 bits per heavy atom. The van der Waals surface area contributed by atoms with Gasteiger partial charge in [-0.05, 0) is 24.1 Å². The van der Waals surface area contributed by atoms with E-state index in [1.165, 1.54) is 0 Å². The quantitative estimate of drug-likeness (QED) is 0.886. The van der Waals surface area contributed by atoms with Crippen LogP contribution < -0.4 is 15.0 Å². The van der Waals surface area contributed by atoms with Gasteiger partial charge in [0.15, 0.2) is 0 Å². The SMILES string of the molecule is COc1ccc(CNC(=O)N2CCCN(c3ncccc3C#N)CC2)cn1. The molecule has 8 heteroatoms. The van der Waals surface area contributed by atoms with Crippen molar-refractivity contribution in [3.63, 3.8) is 0 Å². The molecule has 1 aliphatic rings. The first-order valence-corrected chi connectivity index (χ1v) is 8.83. The molecule has 2 aromatic rings. The van der Waals surface area contributed by atoms with E-state index in [1.807, 2.05) is 6.07 Å². The van der Waals surface area contributed by atoms with Crippen molar-refractivity contribution in [2.45, 2.75) is 13.0 Å². The summed E-state index contributed by atoms with van der Waals surface area (Å²) in [5.74, 6) is 1.23. The average molecular weight is 366 g/mol. The summed E-state index contributed by atoms with van der Waals surface area (Å²) < 4.78 is 5.03. The molecule has 2 amide bonds. The first-order chi connectivity index (χ1) is 13.2. The van der Waals surface area contributed by atoms with Crippen LogP contribution in [0.15, 0.2) is 36.7 Å². The van der Waals surface area contributed by atoms with Crippen molar-refractivity contribution in [2.24, 2.45) is 0 Å². The Morgan fingerprint density at radius 3 is 2.89 bits per heavy atom. The maximum absolute atomic E-state index is 12.5. The zero-order valence-corrected chi connectivity index (χ0v) is 15.3. The largest absolute Gasteiger partial charge is 0.481 e. The summed E-state index contributed by atoms with van der Waals surface area (Å²) in [7, 11) is 1.57. The van der Waals surface area contributed by atoms with Crippen molar-refractivity contribution in [2.75, 3.05) is 38.2 Å². The highest BCUT2D eigenvalue weighted by atomic mass is 16.5. The molecule has 1 saturated heterocycles. The minimum Gasteiger partial charge on any atom is -0.481 e. The number of hydrogen-bond donors (Lipinski definition) is 1. The molecule has 0 aromatic carbocycles. The summed E-state index contributed by atoms with van der Waals surface area (Å²) >= 11 is 0. The fourth-order valence-electron chi connectivity index (χ4n) is 2.99. The number of aromatic nitrogens is 2. The van der Waals surface area contributed by atoms with Crippen molar-refractivity contribution in [1.82, 2.24) is 20.2 Å². The van der Waals surface area contributed by atoms with Crippen LogP contribution in [0.5, 0.6) is 5.88 Å². The summed E-state index contributed by atoms with van der Waals surface area (Å²) in [5, 5.41) is 12.2. The standard InChI is InChI=1S/C19H22N6O2/c1-27-17-6-5-15(13-22-17)14-23-19(26)25-9-3-8-24(10-11-25)18-16(12-20)4-2-7-21-18/h2,4-7,13H,3,8-11,14H2,1H3,(H,23,26). The molecule has 0 bridgehead atoms. The lowest BCUT2D eigenvalue weighted by Gasteiger charge is -2.23. The Balaban J connectivity index is 1.55. The normalized spacial score (nSPS) is 14.2. The second kappa shape index (κ2) is 8.85. The number of nitrogens with one attached hydrogen (secondary N) is 1. The van der Waals surface area contributed by atoms with Gasteiger partial charge in [-0.3, -0.25) is 0 Å². The van der Waals surface area contributed by atoms with Crippen LogP contribution in [-0.4, -0.2) is 54.2 Å². The number of rotatable bonds is 4. The van der Waals surface area contributed by atoms with E-state index in [1.54, 1.807) is 42.6 Å². The maximum atomic E-state index is 12.5. The van der Waals surface area contributed by atoms with Crippen LogP contribution in [0.2, 0.25) is 0 Å². The Morgan fingerprint density at radius 2 is 2.15 bits per heavy atom. The number of amides is 2. The van der Waals surface area contributed by atoms with E-state index in [0.29, 0.717) is 43.4 Å². The van der Waals surface area contributed by atoms with Gasteiger partial charge in [-0.25, -0.2) is 14.8 Å². The summed E-state index contributed by atoms with van der Waals surface area (Å²) in [4.78, 5) is 24.8. The van der Waals surface area contributed by atoms with Gasteiger partial charge in [0.2, 0.25) is 5.88 Å². The highest BCUT2D eigenvalue weighted by molar-refractivity contribution is 5.74. The van der Waals surface area contributed by atoms with Crippen molar-refractivity contribution in [3.8, 4) is 11.9 Å². The lowest BCUT2D eigenvalue weighted by Crippen LogP contribution is -2.41. The summed E-state index contributed by atoms with van der Waals surface area (Å²) in [6, 6.07) is 9.25. The maximum Gasteiger partial charge on any atom is 0.317 e. The van der Waals surface area contributed by atoms with Crippen LogP contribution >= 0.6 is 0 Å². The van der Waals surface area contributed by atoms with E-state index in [-0.39, 0.29) is 6.03 Å². The lowest BCUT2D eigenvalue weighted by atomic mass is 10.2. The third kappa shape index (κ3) is 4.64. The second-order valence-electron chi connectivity index (χ2n) is 6.18. The van der Waals surface area contributed by atoms with Gasteiger partial charge in [-0.15, -0.1) is 0 Å². The summed E-state index contributed by atoms with van der Waals surface area (Å²) in [6.07, 6.45) is 4.20. The number of anilines is 1. The minimum absolute atomic E-state index is 0.103. The average Bonchev–Trinajstić information content (AvgIpc) is 2.98. The van der Waals surface area contributed by atoms with Gasteiger partial charge in [0.05, 0.1) is 12.7 Å². The number of carbonyl (C=O) groups is 1. The summed E-state index contributed by atoms with van der Waals surface area (Å²) in [6.45, 7) is 3.06. The number of ether oxygens (including phenoxy) is 1. The van der Waals surface area contributed by atoms with Gasteiger partial charge in [0.1, 0.15) is 11.9 Å². The fourth-order valence-corrected chi connectivity index (χ4v) is 2.99. The van der Waals surface area contributed by atoms with Crippen molar-refractivity contribution < 1.29 is 9.53 Å². The van der Waals surface area contributed by atoms with Crippen LogP contribution in [-0.2, 0) is 6.54 Å². The molecule has 0 saturated carbocycles. The van der Waals surface area contributed by atoms with Crippen molar-refractivity contribution in [3.05, 3.63) is 47.8 Å². The number of methoxy groups -OCH3 is 1. The molecule has 1 N–H and O–H groups in total. The summed E-state index contributed by atoms with van der Waals surface area (Å²) in [5.41, 5.74) is 1.47. The predicted octanol–water partition coefficient (Wildman–Crippen LogP) is 1.78. The van der Waals surface area contributed by atoms with Crippen LogP contribution in [0, 0.1) is 11.3 Å². The molecule has 3 heterocycles. The van der Waals surface area contributed by atoms with Crippen LogP contribution in [0.25, 0.3) is 0 Å². The van der Waals surface area contributed by atoms with E-state index in [9.17, 15) is 10.1 Å². The number of nitrogens with zero attached hydrogens (tertiary/aromatic N) is 5. The number of pyridine rings is 2. The topological polar surface area (TPSA) is 94.4 Å². The zero-order chi connectivity index (χ0) is 19.1. The van der Waals surface area contributed by atoms with Gasteiger partial charge in [-0.2, -0.15) is 5.26 Å². The number of carbonyl (C=O) groups excluding carboxylic acids is 1. The molecule has 0 radical (unpaired) electrons. The number of urea groups is 1. The monoisotopic (exact) mass is 366 g/mol. The Kier molecular flexibility index (Phi) is 6.05. The van der Waals surface area contributed by atoms with Gasteiger partial charge in [0, 0.05) is 51.2 Å². The first-order valence-electron chi connectivity index (χ1n) is 8.83. The molecule has 3 rings (SSSR count). The Bertz CT molecular complexity index is 818. The number of hydrogen-bond acceptors (Lipinski definition) is 6. The van der Waals surface area contributed by atoms with Gasteiger partial charge in [0.25, 0.3) is 0 Å². The van der Waals surface area contributed by atoms with E-state index in [0.717, 1.165) is 18.5 Å². The third-order valence-electron chi connectivity index (χ3n) is 4.44. The van der Waals surface area contributed by atoms with Crippen molar-refractivity contribution >= 4 is 11.8 Å². The van der Waals surface area contributed by atoms with E-state index >= 15 is 0 Å². The Hall–Kier alpha value is -3.34. The molecule has 0 spiro atoms. The van der Waals surface area contributed by atoms with Crippen LogP contribution in [0.4, 0.5) is 10.6 Å². The smallest absolute Gasteiger partial charge is 0.317 e. The molecule has 2 aromatic heterocycles.